The van der Waals surface area contributed by atoms with Crippen molar-refractivity contribution in [2.75, 3.05) is 13.7 Å². The Labute approximate surface area is 121 Å². The van der Waals surface area contributed by atoms with E-state index in [1.807, 2.05) is 6.07 Å². The number of hydrogen-bond donors (Lipinski definition) is 1. The van der Waals surface area contributed by atoms with Crippen molar-refractivity contribution >= 4 is 0 Å². The standard InChI is InChI=1S/C17H25NO2/c1-19-14-6-7-15-13(11-14)5-8-16(17(15)18)20-10-9-12-3-2-4-12/h6-7,11-12,16-17H,2-5,8-10,18H2,1H3. The van der Waals surface area contributed by atoms with Crippen LogP contribution in [0.3, 0.4) is 0 Å². The van der Waals surface area contributed by atoms with Gasteiger partial charge in [0.2, 0.25) is 0 Å². The average molecular weight is 275 g/mol. The number of methoxy groups -OCH3 is 1. The second-order valence-electron chi connectivity index (χ2n) is 6.12. The molecule has 110 valence electrons. The Balaban J connectivity index is 1.58. The van der Waals surface area contributed by atoms with Crippen molar-refractivity contribution in [3.05, 3.63) is 29.3 Å². The first kappa shape index (κ1) is 13.9. The number of hydrogen-bond acceptors (Lipinski definition) is 3. The molecule has 0 aliphatic heterocycles. The molecule has 0 aromatic heterocycles. The highest BCUT2D eigenvalue weighted by molar-refractivity contribution is 5.39. The van der Waals surface area contributed by atoms with Crippen LogP contribution in [0.2, 0.25) is 0 Å². The molecule has 1 aromatic rings. The smallest absolute Gasteiger partial charge is 0.119 e. The lowest BCUT2D eigenvalue weighted by Gasteiger charge is -2.32. The predicted molar refractivity (Wildman–Crippen MR) is 79.9 cm³/mol. The SMILES string of the molecule is COc1ccc2c(c1)CCC(OCCC1CCC1)C2N. The zero-order chi connectivity index (χ0) is 13.9. The molecule has 1 aromatic carbocycles. The number of benzene rings is 1. The first-order chi connectivity index (χ1) is 9.78. The Bertz CT molecular complexity index is 456. The van der Waals surface area contributed by atoms with E-state index in [-0.39, 0.29) is 12.1 Å². The molecule has 1 fully saturated rings. The lowest BCUT2D eigenvalue weighted by molar-refractivity contribution is 0.0131. The molecule has 3 nitrogen and oxygen atoms in total. The van der Waals surface area contributed by atoms with Crippen LogP contribution < -0.4 is 10.5 Å². The van der Waals surface area contributed by atoms with Crippen molar-refractivity contribution in [3.8, 4) is 5.75 Å². The maximum absolute atomic E-state index is 6.38. The summed E-state index contributed by atoms with van der Waals surface area (Å²) in [5.74, 6) is 1.83. The minimum Gasteiger partial charge on any atom is -0.497 e. The third-order valence-corrected chi connectivity index (χ3v) is 4.89. The number of rotatable bonds is 5. The molecular formula is C17H25NO2. The molecule has 0 saturated heterocycles. The maximum atomic E-state index is 6.38. The van der Waals surface area contributed by atoms with Crippen LogP contribution in [0.1, 0.15) is 49.3 Å². The summed E-state index contributed by atoms with van der Waals surface area (Å²) < 4.78 is 11.3. The van der Waals surface area contributed by atoms with Crippen molar-refractivity contribution in [2.24, 2.45) is 11.7 Å². The Morgan fingerprint density at radius 2 is 2.10 bits per heavy atom. The molecule has 3 rings (SSSR count). The highest BCUT2D eigenvalue weighted by Crippen LogP contribution is 2.34. The van der Waals surface area contributed by atoms with Gasteiger partial charge in [0, 0.05) is 6.61 Å². The topological polar surface area (TPSA) is 44.5 Å². The molecule has 3 heteroatoms. The summed E-state index contributed by atoms with van der Waals surface area (Å²) in [6.07, 6.45) is 7.63. The van der Waals surface area contributed by atoms with Gasteiger partial charge >= 0.3 is 0 Å². The molecule has 0 spiro atoms. The summed E-state index contributed by atoms with van der Waals surface area (Å²) in [7, 11) is 1.71. The van der Waals surface area contributed by atoms with Crippen LogP contribution in [-0.4, -0.2) is 19.8 Å². The van der Waals surface area contributed by atoms with Gasteiger partial charge in [0.25, 0.3) is 0 Å². The van der Waals surface area contributed by atoms with Crippen LogP contribution >= 0.6 is 0 Å². The Morgan fingerprint density at radius 3 is 2.80 bits per heavy atom. The summed E-state index contributed by atoms with van der Waals surface area (Å²) in [4.78, 5) is 0. The third kappa shape index (κ3) is 2.84. The number of fused-ring (bicyclic) bond motifs is 1. The summed E-state index contributed by atoms with van der Waals surface area (Å²) >= 11 is 0. The molecule has 2 aliphatic carbocycles. The van der Waals surface area contributed by atoms with Gasteiger partial charge in [-0.3, -0.25) is 0 Å². The lowest BCUT2D eigenvalue weighted by Crippen LogP contribution is -2.34. The molecule has 20 heavy (non-hydrogen) atoms. The normalized spacial score (nSPS) is 25.9. The van der Waals surface area contributed by atoms with Crippen LogP contribution in [0.15, 0.2) is 18.2 Å². The predicted octanol–water partition coefficient (Wildman–Crippen LogP) is 3.22. The molecule has 0 amide bonds. The van der Waals surface area contributed by atoms with Crippen LogP contribution in [0.25, 0.3) is 0 Å². The van der Waals surface area contributed by atoms with Gasteiger partial charge in [-0.15, -0.1) is 0 Å². The van der Waals surface area contributed by atoms with E-state index < -0.39 is 0 Å². The van der Waals surface area contributed by atoms with E-state index in [0.717, 1.165) is 31.1 Å². The van der Waals surface area contributed by atoms with Crippen molar-refractivity contribution in [1.82, 2.24) is 0 Å². The van der Waals surface area contributed by atoms with Crippen molar-refractivity contribution in [3.63, 3.8) is 0 Å². The lowest BCUT2D eigenvalue weighted by atomic mass is 9.83. The fourth-order valence-corrected chi connectivity index (χ4v) is 3.28. The van der Waals surface area contributed by atoms with E-state index in [1.54, 1.807) is 7.11 Å². The second-order valence-corrected chi connectivity index (χ2v) is 6.12. The monoisotopic (exact) mass is 275 g/mol. The van der Waals surface area contributed by atoms with Crippen LogP contribution in [0, 0.1) is 5.92 Å². The van der Waals surface area contributed by atoms with Crippen molar-refractivity contribution < 1.29 is 9.47 Å². The van der Waals surface area contributed by atoms with Crippen molar-refractivity contribution in [2.45, 2.75) is 50.7 Å². The van der Waals surface area contributed by atoms with Gasteiger partial charge in [-0.05, 0) is 48.4 Å². The molecule has 2 unspecified atom stereocenters. The molecule has 2 N–H and O–H groups in total. The van der Waals surface area contributed by atoms with E-state index >= 15 is 0 Å². The molecule has 2 atom stereocenters. The zero-order valence-corrected chi connectivity index (χ0v) is 12.3. The third-order valence-electron chi connectivity index (χ3n) is 4.89. The van der Waals surface area contributed by atoms with E-state index in [9.17, 15) is 0 Å². The minimum atomic E-state index is 0.00560. The summed E-state index contributed by atoms with van der Waals surface area (Å²) in [5.41, 5.74) is 8.92. The summed E-state index contributed by atoms with van der Waals surface area (Å²) in [5, 5.41) is 0. The largest absolute Gasteiger partial charge is 0.497 e. The maximum Gasteiger partial charge on any atom is 0.119 e. The Morgan fingerprint density at radius 1 is 1.25 bits per heavy atom. The molecule has 2 aliphatic rings. The molecule has 0 bridgehead atoms. The fourth-order valence-electron chi connectivity index (χ4n) is 3.28. The van der Waals surface area contributed by atoms with Gasteiger partial charge in [0.1, 0.15) is 5.75 Å². The first-order valence-electron chi connectivity index (χ1n) is 7.82. The highest BCUT2D eigenvalue weighted by Gasteiger charge is 2.28. The number of nitrogens with two attached hydrogens (primary N) is 1. The summed E-state index contributed by atoms with van der Waals surface area (Å²) in [6, 6.07) is 6.21. The van der Waals surface area contributed by atoms with E-state index in [4.69, 9.17) is 15.2 Å². The van der Waals surface area contributed by atoms with E-state index in [0.29, 0.717) is 0 Å². The van der Waals surface area contributed by atoms with Crippen LogP contribution in [-0.2, 0) is 11.2 Å². The first-order valence-corrected chi connectivity index (χ1v) is 7.82. The zero-order valence-electron chi connectivity index (χ0n) is 12.3. The highest BCUT2D eigenvalue weighted by atomic mass is 16.5. The molecule has 0 heterocycles. The second kappa shape index (κ2) is 6.15. The molecule has 0 radical (unpaired) electrons. The van der Waals surface area contributed by atoms with Gasteiger partial charge in [-0.25, -0.2) is 0 Å². The van der Waals surface area contributed by atoms with E-state index in [2.05, 4.69) is 12.1 Å². The van der Waals surface area contributed by atoms with Gasteiger partial charge in [0.15, 0.2) is 0 Å². The number of ether oxygens (including phenoxy) is 2. The van der Waals surface area contributed by atoms with E-state index in [1.165, 1.54) is 36.8 Å². The van der Waals surface area contributed by atoms with Crippen molar-refractivity contribution in [1.29, 1.82) is 0 Å². The molecular weight excluding hydrogens is 250 g/mol. The Hall–Kier alpha value is -1.06. The van der Waals surface area contributed by atoms with Crippen LogP contribution in [0.5, 0.6) is 5.75 Å². The Kier molecular flexibility index (Phi) is 4.27. The van der Waals surface area contributed by atoms with Gasteiger partial charge in [-0.1, -0.05) is 25.3 Å². The minimum absolute atomic E-state index is 0.00560. The molecule has 1 saturated carbocycles. The fraction of sp³-hybridized carbons (Fsp3) is 0.647. The van der Waals surface area contributed by atoms with Gasteiger partial charge < -0.3 is 15.2 Å². The quantitative estimate of drug-likeness (QED) is 0.897. The van der Waals surface area contributed by atoms with Gasteiger partial charge in [-0.2, -0.15) is 0 Å². The van der Waals surface area contributed by atoms with Crippen LogP contribution in [0.4, 0.5) is 0 Å². The average Bonchev–Trinajstić information content (AvgIpc) is 2.43. The number of aryl methyl sites for hydroxylation is 1. The van der Waals surface area contributed by atoms with Gasteiger partial charge in [0.05, 0.1) is 19.3 Å². The summed E-state index contributed by atoms with van der Waals surface area (Å²) in [6.45, 7) is 0.870.